The van der Waals surface area contributed by atoms with Crippen molar-refractivity contribution in [2.45, 2.75) is 19.8 Å². The topological polar surface area (TPSA) is 72.5 Å². The van der Waals surface area contributed by atoms with Gasteiger partial charge in [0.2, 0.25) is 0 Å². The van der Waals surface area contributed by atoms with Crippen molar-refractivity contribution in [2.75, 3.05) is 5.73 Å². The lowest BCUT2D eigenvalue weighted by Crippen LogP contribution is -1.98. The van der Waals surface area contributed by atoms with E-state index in [1.54, 1.807) is 6.20 Å². The molecule has 0 atom stereocenters. The van der Waals surface area contributed by atoms with E-state index in [9.17, 15) is 0 Å². The molecule has 0 aliphatic carbocycles. The maximum Gasteiger partial charge on any atom is 0.158 e. The van der Waals surface area contributed by atoms with Gasteiger partial charge in [0.05, 0.1) is 0 Å². The molecular formula is C10H15N5. The largest absolute Gasteiger partial charge is 0.382 e. The van der Waals surface area contributed by atoms with Crippen molar-refractivity contribution in [1.82, 2.24) is 19.7 Å². The van der Waals surface area contributed by atoms with Crippen LogP contribution in [-0.4, -0.2) is 19.7 Å². The summed E-state index contributed by atoms with van der Waals surface area (Å²) < 4.78 is 1.94. The summed E-state index contributed by atoms with van der Waals surface area (Å²) in [5.74, 6) is 1.75. The Bertz CT molecular complexity index is 466. The van der Waals surface area contributed by atoms with E-state index in [-0.39, 0.29) is 0 Å². The van der Waals surface area contributed by atoms with Crippen LogP contribution in [-0.2, 0) is 7.05 Å². The Morgan fingerprint density at radius 2 is 2.20 bits per heavy atom. The molecule has 2 rings (SSSR count). The molecule has 5 heteroatoms. The number of imidazole rings is 1. The lowest BCUT2D eigenvalue weighted by Gasteiger charge is -2.06. The van der Waals surface area contributed by atoms with E-state index >= 15 is 0 Å². The van der Waals surface area contributed by atoms with Crippen molar-refractivity contribution in [3.63, 3.8) is 0 Å². The highest BCUT2D eigenvalue weighted by atomic mass is 15.2. The minimum atomic E-state index is 0.329. The van der Waals surface area contributed by atoms with Crippen LogP contribution in [0.4, 0.5) is 5.82 Å². The molecule has 3 N–H and O–H groups in total. The first kappa shape index (κ1) is 9.76. The molecule has 2 aromatic rings. The Kier molecular flexibility index (Phi) is 2.22. The summed E-state index contributed by atoms with van der Waals surface area (Å²) in [6.45, 7) is 4.18. The summed E-state index contributed by atoms with van der Waals surface area (Å²) in [7, 11) is 1.95. The number of H-pyrrole nitrogens is 1. The van der Waals surface area contributed by atoms with Gasteiger partial charge in [0, 0.05) is 25.0 Å². The molecule has 0 saturated heterocycles. The Morgan fingerprint density at radius 1 is 1.47 bits per heavy atom. The third-order valence-corrected chi connectivity index (χ3v) is 2.46. The summed E-state index contributed by atoms with van der Waals surface area (Å²) >= 11 is 0. The van der Waals surface area contributed by atoms with Crippen LogP contribution >= 0.6 is 0 Å². The van der Waals surface area contributed by atoms with Gasteiger partial charge in [0.15, 0.2) is 5.82 Å². The third kappa shape index (κ3) is 1.49. The Balaban J connectivity index is 2.59. The van der Waals surface area contributed by atoms with Crippen LogP contribution in [0.2, 0.25) is 0 Å². The lowest BCUT2D eigenvalue weighted by molar-refractivity contribution is 0.860. The molecule has 2 heterocycles. The van der Waals surface area contributed by atoms with Crippen LogP contribution in [0, 0.1) is 0 Å². The van der Waals surface area contributed by atoms with Crippen molar-refractivity contribution in [2.24, 2.45) is 7.05 Å². The molecule has 15 heavy (non-hydrogen) atoms. The fourth-order valence-electron chi connectivity index (χ4n) is 1.73. The molecule has 2 aromatic heterocycles. The number of nitrogens with one attached hydrogen (secondary N) is 1. The highest BCUT2D eigenvalue weighted by molar-refractivity contribution is 5.63. The van der Waals surface area contributed by atoms with Gasteiger partial charge >= 0.3 is 0 Å². The number of nitrogens with zero attached hydrogens (tertiary/aromatic N) is 3. The smallest absolute Gasteiger partial charge is 0.158 e. The number of aromatic nitrogens is 4. The van der Waals surface area contributed by atoms with E-state index in [2.05, 4.69) is 29.0 Å². The molecule has 80 valence electrons. The molecule has 0 aliphatic rings. The fourth-order valence-corrected chi connectivity index (χ4v) is 1.73. The highest BCUT2D eigenvalue weighted by Gasteiger charge is 2.18. The van der Waals surface area contributed by atoms with Crippen LogP contribution in [0.25, 0.3) is 11.5 Å². The summed E-state index contributed by atoms with van der Waals surface area (Å²) in [5.41, 5.74) is 7.76. The number of rotatable bonds is 2. The zero-order valence-corrected chi connectivity index (χ0v) is 9.15. The Hall–Kier alpha value is -1.78. The number of aryl methyl sites for hydroxylation is 1. The molecule has 0 radical (unpaired) electrons. The second-order valence-corrected chi connectivity index (χ2v) is 3.91. The van der Waals surface area contributed by atoms with E-state index in [1.807, 2.05) is 17.8 Å². The standard InChI is InChI=1S/C10H15N5/c1-6(2)7-8(13-14-9(7)11)10-12-4-5-15(10)3/h4-6H,1-3H3,(H3,11,13,14). The second kappa shape index (κ2) is 3.42. The van der Waals surface area contributed by atoms with Gasteiger partial charge in [0.1, 0.15) is 11.5 Å². The van der Waals surface area contributed by atoms with Gasteiger partial charge in [-0.3, -0.25) is 5.10 Å². The van der Waals surface area contributed by atoms with Gasteiger partial charge in [-0.15, -0.1) is 0 Å². The zero-order valence-electron chi connectivity index (χ0n) is 9.15. The maximum atomic E-state index is 5.82. The van der Waals surface area contributed by atoms with Gasteiger partial charge in [-0.25, -0.2) is 4.98 Å². The van der Waals surface area contributed by atoms with Gasteiger partial charge in [0.25, 0.3) is 0 Å². The van der Waals surface area contributed by atoms with Gasteiger partial charge in [-0.1, -0.05) is 13.8 Å². The molecule has 0 unspecified atom stereocenters. The maximum absolute atomic E-state index is 5.82. The number of aromatic amines is 1. The summed E-state index contributed by atoms with van der Waals surface area (Å²) in [6, 6.07) is 0. The summed E-state index contributed by atoms with van der Waals surface area (Å²) in [6.07, 6.45) is 3.66. The first-order valence-electron chi connectivity index (χ1n) is 4.92. The number of hydrogen-bond donors (Lipinski definition) is 2. The zero-order chi connectivity index (χ0) is 11.0. The number of hydrogen-bond acceptors (Lipinski definition) is 3. The molecule has 0 amide bonds. The van der Waals surface area contributed by atoms with Crippen LogP contribution < -0.4 is 5.73 Å². The van der Waals surface area contributed by atoms with E-state index in [0.717, 1.165) is 17.1 Å². The first-order chi connectivity index (χ1) is 7.11. The van der Waals surface area contributed by atoms with Crippen molar-refractivity contribution in [3.05, 3.63) is 18.0 Å². The van der Waals surface area contributed by atoms with Gasteiger partial charge in [-0.05, 0) is 5.92 Å². The first-order valence-corrected chi connectivity index (χ1v) is 4.92. The van der Waals surface area contributed by atoms with Crippen LogP contribution in [0.5, 0.6) is 0 Å². The molecule has 0 fully saturated rings. The van der Waals surface area contributed by atoms with E-state index in [1.165, 1.54) is 0 Å². The SMILES string of the molecule is CC(C)c1c(N)n[nH]c1-c1nccn1C. The van der Waals surface area contributed by atoms with Crippen molar-refractivity contribution < 1.29 is 0 Å². The van der Waals surface area contributed by atoms with Crippen LogP contribution in [0.1, 0.15) is 25.3 Å². The molecule has 0 aliphatic heterocycles. The number of nitrogen functional groups attached to an aromatic ring is 1. The predicted octanol–water partition coefficient (Wildman–Crippen LogP) is 1.52. The summed E-state index contributed by atoms with van der Waals surface area (Å²) in [4.78, 5) is 4.28. The van der Waals surface area contributed by atoms with E-state index in [0.29, 0.717) is 11.7 Å². The second-order valence-electron chi connectivity index (χ2n) is 3.91. The molecule has 0 saturated carbocycles. The predicted molar refractivity (Wildman–Crippen MR) is 59.3 cm³/mol. The minimum Gasteiger partial charge on any atom is -0.382 e. The van der Waals surface area contributed by atoms with Crippen LogP contribution in [0.15, 0.2) is 12.4 Å². The number of anilines is 1. The van der Waals surface area contributed by atoms with Crippen LogP contribution in [0.3, 0.4) is 0 Å². The number of nitrogens with two attached hydrogens (primary N) is 1. The van der Waals surface area contributed by atoms with Crippen molar-refractivity contribution in [1.29, 1.82) is 0 Å². The Labute approximate surface area is 88.3 Å². The minimum absolute atomic E-state index is 0.329. The average molecular weight is 205 g/mol. The van der Waals surface area contributed by atoms with E-state index in [4.69, 9.17) is 5.73 Å². The normalized spacial score (nSPS) is 11.2. The molecule has 0 bridgehead atoms. The quantitative estimate of drug-likeness (QED) is 0.780. The van der Waals surface area contributed by atoms with E-state index < -0.39 is 0 Å². The lowest BCUT2D eigenvalue weighted by atomic mass is 10.0. The van der Waals surface area contributed by atoms with Crippen molar-refractivity contribution >= 4 is 5.82 Å². The molecule has 5 nitrogen and oxygen atoms in total. The molecule has 0 spiro atoms. The van der Waals surface area contributed by atoms with Gasteiger partial charge in [-0.2, -0.15) is 5.10 Å². The summed E-state index contributed by atoms with van der Waals surface area (Å²) in [5, 5.41) is 6.97. The third-order valence-electron chi connectivity index (χ3n) is 2.46. The highest BCUT2D eigenvalue weighted by Crippen LogP contribution is 2.29. The molecular weight excluding hydrogens is 190 g/mol. The van der Waals surface area contributed by atoms with Gasteiger partial charge < -0.3 is 10.3 Å². The Morgan fingerprint density at radius 3 is 2.73 bits per heavy atom. The monoisotopic (exact) mass is 205 g/mol. The van der Waals surface area contributed by atoms with Crippen molar-refractivity contribution in [3.8, 4) is 11.5 Å². The molecule has 0 aromatic carbocycles. The fraction of sp³-hybridized carbons (Fsp3) is 0.400. The average Bonchev–Trinajstić information content (AvgIpc) is 2.71.